The Balaban J connectivity index is 2.03. The lowest BCUT2D eigenvalue weighted by molar-refractivity contribution is -0.116. The molecule has 0 spiro atoms. The first-order valence-corrected chi connectivity index (χ1v) is 14.5. The predicted octanol–water partition coefficient (Wildman–Crippen LogP) is 6.05. The molecule has 0 bridgehead atoms. The molecule has 9 heteroatoms. The van der Waals surface area contributed by atoms with Crippen LogP contribution in [0.25, 0.3) is 0 Å². The lowest BCUT2D eigenvalue weighted by Gasteiger charge is -2.08. The van der Waals surface area contributed by atoms with Crippen molar-refractivity contribution < 1.29 is 26.7 Å². The van der Waals surface area contributed by atoms with Gasteiger partial charge in [0.2, 0.25) is 5.91 Å². The molecule has 8 nitrogen and oxygen atoms in total. The molecule has 0 aliphatic carbocycles. The summed E-state index contributed by atoms with van der Waals surface area (Å²) in [5.41, 5.74) is 0.980. The Morgan fingerprint density at radius 3 is 1.77 bits per heavy atom. The molecule has 35 heavy (non-hydrogen) atoms. The van der Waals surface area contributed by atoms with Crippen molar-refractivity contribution in [3.63, 3.8) is 0 Å². The zero-order chi connectivity index (χ0) is 25.8. The van der Waals surface area contributed by atoms with Crippen LogP contribution in [0, 0.1) is 0 Å². The Labute approximate surface area is 211 Å². The summed E-state index contributed by atoms with van der Waals surface area (Å²) in [6.07, 6.45) is 17.9. The smallest absolute Gasteiger partial charge is 0.352 e. The van der Waals surface area contributed by atoms with Gasteiger partial charge in [-0.3, -0.25) is 14.1 Å². The van der Waals surface area contributed by atoms with Gasteiger partial charge in [0.05, 0.1) is 13.0 Å². The second-order valence-corrected chi connectivity index (χ2v) is 10.1. The van der Waals surface area contributed by atoms with Crippen LogP contribution >= 0.6 is 0 Å². The first-order valence-electron chi connectivity index (χ1n) is 13.1. The normalized spacial score (nSPS) is 11.4. The van der Waals surface area contributed by atoms with Crippen LogP contribution in [0.5, 0.6) is 0 Å². The molecule has 0 unspecified atom stereocenters. The number of hydrogen-bond donors (Lipinski definition) is 3. The van der Waals surface area contributed by atoms with Gasteiger partial charge in [-0.15, -0.1) is 0 Å². The zero-order valence-corrected chi connectivity index (χ0v) is 22.0. The number of rotatable bonds is 21. The zero-order valence-electron chi connectivity index (χ0n) is 21.2. The van der Waals surface area contributed by atoms with Crippen LogP contribution in [0.1, 0.15) is 114 Å². The molecule has 0 aliphatic rings. The van der Waals surface area contributed by atoms with E-state index >= 15 is 0 Å². The number of benzene rings is 1. The lowest BCUT2D eigenvalue weighted by Crippen LogP contribution is -2.24. The number of nitrogens with one attached hydrogen (secondary N) is 2. The summed E-state index contributed by atoms with van der Waals surface area (Å²) >= 11 is 0. The minimum absolute atomic E-state index is 0.154. The van der Waals surface area contributed by atoms with Crippen LogP contribution in [0.2, 0.25) is 0 Å². The molecule has 0 saturated carbocycles. The van der Waals surface area contributed by atoms with E-state index in [9.17, 15) is 18.0 Å². The summed E-state index contributed by atoms with van der Waals surface area (Å²) in [6.45, 7) is 2.44. The molecular formula is C26H44N2O6S. The summed E-state index contributed by atoms with van der Waals surface area (Å²) in [6, 6.07) is 6.43. The van der Waals surface area contributed by atoms with E-state index in [0.29, 0.717) is 17.8 Å². The minimum atomic E-state index is -4.56. The number of hydrogen-bond acceptors (Lipinski definition) is 5. The molecule has 0 radical (unpaired) electrons. The summed E-state index contributed by atoms with van der Waals surface area (Å²) < 4.78 is 33.5. The molecule has 200 valence electrons. The third kappa shape index (κ3) is 18.0. The summed E-state index contributed by atoms with van der Waals surface area (Å²) in [7, 11) is -4.56. The maximum Gasteiger partial charge on any atom is 0.397 e. The molecular weight excluding hydrogens is 468 g/mol. The van der Waals surface area contributed by atoms with Gasteiger partial charge in [0, 0.05) is 17.8 Å². The van der Waals surface area contributed by atoms with Crippen molar-refractivity contribution in [2.45, 2.75) is 103 Å². The van der Waals surface area contributed by atoms with Crippen molar-refractivity contribution in [2.75, 3.05) is 18.5 Å². The third-order valence-electron chi connectivity index (χ3n) is 5.81. The molecule has 0 atom stereocenters. The molecule has 3 N–H and O–H groups in total. The maximum atomic E-state index is 12.3. The number of carbonyl (C=O) groups excluding carboxylic acids is 2. The molecule has 0 aliphatic heterocycles. The SMILES string of the molecule is CCCCCCCCCCCCCCCCNC(=O)c1ccc(NC(=O)CCOS(=O)(=O)O)cc1. The molecule has 0 heterocycles. The average Bonchev–Trinajstić information content (AvgIpc) is 2.81. The highest BCUT2D eigenvalue weighted by Crippen LogP contribution is 2.13. The summed E-state index contributed by atoms with van der Waals surface area (Å²) in [5.74, 6) is -0.622. The Kier molecular flexibility index (Phi) is 17.1. The second kappa shape index (κ2) is 19.2. The number of anilines is 1. The van der Waals surface area contributed by atoms with Gasteiger partial charge < -0.3 is 10.6 Å². The van der Waals surface area contributed by atoms with Gasteiger partial charge in [0.25, 0.3) is 5.91 Å². The van der Waals surface area contributed by atoms with Gasteiger partial charge in [-0.05, 0) is 30.7 Å². The fourth-order valence-electron chi connectivity index (χ4n) is 3.79. The fraction of sp³-hybridized carbons (Fsp3) is 0.692. The number of carbonyl (C=O) groups is 2. The Morgan fingerprint density at radius 1 is 0.800 bits per heavy atom. The van der Waals surface area contributed by atoms with Gasteiger partial charge in [0.15, 0.2) is 0 Å². The van der Waals surface area contributed by atoms with Crippen LogP contribution in [-0.2, 0) is 19.4 Å². The third-order valence-corrected chi connectivity index (χ3v) is 6.27. The molecule has 1 aromatic rings. The maximum absolute atomic E-state index is 12.3. The molecule has 1 rings (SSSR count). The first-order chi connectivity index (χ1) is 16.8. The van der Waals surface area contributed by atoms with Crippen molar-refractivity contribution >= 4 is 27.9 Å². The van der Waals surface area contributed by atoms with Crippen molar-refractivity contribution in [1.29, 1.82) is 0 Å². The van der Waals surface area contributed by atoms with Crippen molar-refractivity contribution in [3.8, 4) is 0 Å². The average molecular weight is 513 g/mol. The predicted molar refractivity (Wildman–Crippen MR) is 140 cm³/mol. The number of unbranched alkanes of at least 4 members (excludes halogenated alkanes) is 13. The molecule has 0 aromatic heterocycles. The van der Waals surface area contributed by atoms with Crippen LogP contribution in [0.15, 0.2) is 24.3 Å². The van der Waals surface area contributed by atoms with Gasteiger partial charge in [-0.1, -0.05) is 90.4 Å². The quantitative estimate of drug-likeness (QED) is 0.136. The highest BCUT2D eigenvalue weighted by Gasteiger charge is 2.09. The van der Waals surface area contributed by atoms with Crippen molar-refractivity contribution in [3.05, 3.63) is 29.8 Å². The van der Waals surface area contributed by atoms with Crippen molar-refractivity contribution in [2.24, 2.45) is 0 Å². The topological polar surface area (TPSA) is 122 Å². The minimum Gasteiger partial charge on any atom is -0.352 e. The van der Waals surface area contributed by atoms with Crippen LogP contribution in [-0.4, -0.2) is 37.9 Å². The summed E-state index contributed by atoms with van der Waals surface area (Å²) in [5, 5.41) is 5.49. The highest BCUT2D eigenvalue weighted by atomic mass is 32.3. The Morgan fingerprint density at radius 2 is 1.29 bits per heavy atom. The van der Waals surface area contributed by atoms with E-state index in [-0.39, 0.29) is 12.3 Å². The van der Waals surface area contributed by atoms with Gasteiger partial charge in [0.1, 0.15) is 0 Å². The van der Waals surface area contributed by atoms with E-state index < -0.39 is 22.9 Å². The second-order valence-electron chi connectivity index (χ2n) is 8.98. The molecule has 1 aromatic carbocycles. The van der Waals surface area contributed by atoms with E-state index in [1.807, 2.05) is 0 Å². The monoisotopic (exact) mass is 512 g/mol. The summed E-state index contributed by atoms with van der Waals surface area (Å²) in [4.78, 5) is 24.0. The first kappa shape index (κ1) is 31.1. The van der Waals surface area contributed by atoms with Gasteiger partial charge in [-0.25, -0.2) is 4.18 Å². The Bertz CT molecular complexity index is 812. The molecule has 2 amide bonds. The van der Waals surface area contributed by atoms with Crippen LogP contribution in [0.4, 0.5) is 5.69 Å². The lowest BCUT2D eigenvalue weighted by atomic mass is 10.0. The fourth-order valence-corrected chi connectivity index (χ4v) is 4.09. The van der Waals surface area contributed by atoms with E-state index in [4.69, 9.17) is 4.55 Å². The van der Waals surface area contributed by atoms with E-state index in [1.165, 1.54) is 77.0 Å². The largest absolute Gasteiger partial charge is 0.397 e. The van der Waals surface area contributed by atoms with Gasteiger partial charge >= 0.3 is 10.4 Å². The number of amides is 2. The molecule has 0 fully saturated rings. The molecule has 0 saturated heterocycles. The van der Waals surface area contributed by atoms with E-state index in [0.717, 1.165) is 12.8 Å². The van der Waals surface area contributed by atoms with Crippen molar-refractivity contribution in [1.82, 2.24) is 5.32 Å². The Hall–Kier alpha value is -1.97. The van der Waals surface area contributed by atoms with E-state index in [1.54, 1.807) is 24.3 Å². The van der Waals surface area contributed by atoms with E-state index in [2.05, 4.69) is 21.7 Å². The highest BCUT2D eigenvalue weighted by molar-refractivity contribution is 7.80. The van der Waals surface area contributed by atoms with Crippen LogP contribution in [0.3, 0.4) is 0 Å². The standard InChI is InChI=1S/C26H44N2O6S/c1-2-3-4-5-6-7-8-9-10-11-12-13-14-15-21-27-26(30)23-16-18-24(19-17-23)28-25(29)20-22-34-35(31,32)33/h16-19H,2-15,20-22H2,1H3,(H,27,30)(H,28,29)(H,31,32,33). The van der Waals surface area contributed by atoms with Gasteiger partial charge in [-0.2, -0.15) is 8.42 Å². The van der Waals surface area contributed by atoms with Crippen LogP contribution < -0.4 is 10.6 Å².